The molecule has 142 valence electrons. The van der Waals surface area contributed by atoms with Gasteiger partial charge in [0.1, 0.15) is 0 Å². The first-order chi connectivity index (χ1) is 11.9. The Morgan fingerprint density at radius 2 is 1.68 bits per heavy atom. The minimum Gasteiger partial charge on any atom is -0.357 e. The molecule has 0 heterocycles. The van der Waals surface area contributed by atoms with Crippen molar-refractivity contribution in [2.45, 2.75) is 46.0 Å². The van der Waals surface area contributed by atoms with E-state index in [-0.39, 0.29) is 16.9 Å². The third-order valence-electron chi connectivity index (χ3n) is 4.77. The van der Waals surface area contributed by atoms with Gasteiger partial charge in [0.2, 0.25) is 0 Å². The summed E-state index contributed by atoms with van der Waals surface area (Å²) in [6.07, 6.45) is 2.00. The highest BCUT2D eigenvalue weighted by molar-refractivity contribution is 7.91. The normalized spacial score (nSPS) is 12.9. The molecule has 0 aliphatic heterocycles. The molecule has 0 saturated carbocycles. The van der Waals surface area contributed by atoms with Crippen LogP contribution in [0.25, 0.3) is 0 Å². The van der Waals surface area contributed by atoms with Gasteiger partial charge in [0, 0.05) is 24.3 Å². The van der Waals surface area contributed by atoms with E-state index >= 15 is 0 Å². The summed E-state index contributed by atoms with van der Waals surface area (Å²) in [5.74, 6) is 0.973. The van der Waals surface area contributed by atoms with E-state index in [1.807, 2.05) is 13.0 Å². The molecular formula is C19H33N3O2S. The number of hydrogen-bond acceptors (Lipinski definition) is 3. The molecule has 5 nitrogen and oxygen atoms in total. The first-order valence-electron chi connectivity index (χ1n) is 9.21. The van der Waals surface area contributed by atoms with Crippen LogP contribution in [0.5, 0.6) is 0 Å². The summed E-state index contributed by atoms with van der Waals surface area (Å²) in [5, 5.41) is 6.35. The Hall–Kier alpha value is -1.56. The van der Waals surface area contributed by atoms with E-state index in [0.29, 0.717) is 19.0 Å². The number of benzene rings is 1. The molecule has 1 aromatic rings. The molecule has 6 heteroatoms. The Kier molecular flexibility index (Phi) is 8.97. The lowest BCUT2D eigenvalue weighted by molar-refractivity contribution is 0.407. The highest BCUT2D eigenvalue weighted by atomic mass is 32.2. The fourth-order valence-corrected chi connectivity index (χ4v) is 3.51. The molecule has 0 aliphatic carbocycles. The van der Waals surface area contributed by atoms with Crippen molar-refractivity contribution in [1.82, 2.24) is 10.6 Å². The van der Waals surface area contributed by atoms with E-state index in [1.54, 1.807) is 6.92 Å². The predicted molar refractivity (Wildman–Crippen MR) is 107 cm³/mol. The monoisotopic (exact) mass is 367 g/mol. The lowest BCUT2D eigenvalue weighted by atomic mass is 9.76. The molecule has 0 aromatic heterocycles. The SMILES string of the molecule is CCNC(=NCC(CC)(CC)c1ccccc1)NCCS(=O)(=O)CC. The molecule has 0 radical (unpaired) electrons. The van der Waals surface area contributed by atoms with E-state index in [9.17, 15) is 8.42 Å². The Bertz CT molecular complexity index is 623. The van der Waals surface area contributed by atoms with Crippen molar-refractivity contribution >= 4 is 15.8 Å². The number of nitrogens with one attached hydrogen (secondary N) is 2. The number of aliphatic imine (C=N–C) groups is 1. The van der Waals surface area contributed by atoms with Crippen molar-refractivity contribution in [3.05, 3.63) is 35.9 Å². The summed E-state index contributed by atoms with van der Waals surface area (Å²) >= 11 is 0. The van der Waals surface area contributed by atoms with Crippen LogP contribution >= 0.6 is 0 Å². The van der Waals surface area contributed by atoms with Crippen molar-refractivity contribution < 1.29 is 8.42 Å². The molecule has 0 saturated heterocycles. The fourth-order valence-electron chi connectivity index (χ4n) is 2.81. The maximum absolute atomic E-state index is 11.6. The second-order valence-corrected chi connectivity index (χ2v) is 8.68. The summed E-state index contributed by atoms with van der Waals surface area (Å²) in [6.45, 7) is 9.84. The molecule has 1 aromatic carbocycles. The minimum absolute atomic E-state index is 0.000887. The van der Waals surface area contributed by atoms with E-state index in [2.05, 4.69) is 48.7 Å². The molecule has 25 heavy (non-hydrogen) atoms. The molecule has 1 rings (SSSR count). The standard InChI is InChI=1S/C19H33N3O2S/c1-5-19(6-2,17-12-10-9-11-13-17)16-22-18(20-7-3)21-14-15-25(23,24)8-4/h9-13H,5-8,14-16H2,1-4H3,(H2,20,21,22). The van der Waals surface area contributed by atoms with Crippen LogP contribution in [0.3, 0.4) is 0 Å². The van der Waals surface area contributed by atoms with Crippen LogP contribution in [0.4, 0.5) is 0 Å². The highest BCUT2D eigenvalue weighted by Gasteiger charge is 2.28. The smallest absolute Gasteiger partial charge is 0.191 e. The van der Waals surface area contributed by atoms with Gasteiger partial charge in [-0.2, -0.15) is 0 Å². The van der Waals surface area contributed by atoms with Crippen molar-refractivity contribution in [3.8, 4) is 0 Å². The van der Waals surface area contributed by atoms with E-state index in [0.717, 1.165) is 19.4 Å². The van der Waals surface area contributed by atoms with Gasteiger partial charge in [0.15, 0.2) is 15.8 Å². The molecule has 0 atom stereocenters. The summed E-state index contributed by atoms with van der Waals surface area (Å²) in [6, 6.07) is 10.5. The Labute approximate surface area is 153 Å². The zero-order valence-corrected chi connectivity index (χ0v) is 16.8. The Balaban J connectivity index is 2.86. The highest BCUT2D eigenvalue weighted by Crippen LogP contribution is 2.31. The quantitative estimate of drug-likeness (QED) is 0.493. The maximum Gasteiger partial charge on any atom is 0.191 e. The number of rotatable bonds is 10. The van der Waals surface area contributed by atoms with Gasteiger partial charge in [-0.05, 0) is 25.3 Å². The average Bonchev–Trinajstić information content (AvgIpc) is 2.63. The molecule has 0 bridgehead atoms. The van der Waals surface area contributed by atoms with Crippen molar-refractivity contribution in [1.29, 1.82) is 0 Å². The number of nitrogens with zero attached hydrogens (tertiary/aromatic N) is 1. The van der Waals surface area contributed by atoms with E-state index < -0.39 is 9.84 Å². The second kappa shape index (κ2) is 10.4. The number of guanidine groups is 1. The van der Waals surface area contributed by atoms with Crippen molar-refractivity contribution in [2.75, 3.05) is 31.1 Å². The van der Waals surface area contributed by atoms with E-state index in [1.165, 1.54) is 5.56 Å². The molecule has 0 spiro atoms. The summed E-state index contributed by atoms with van der Waals surface area (Å²) in [4.78, 5) is 4.75. The van der Waals surface area contributed by atoms with Crippen LogP contribution in [0.2, 0.25) is 0 Å². The zero-order chi connectivity index (χ0) is 18.8. The van der Waals surface area contributed by atoms with Crippen LogP contribution in [-0.2, 0) is 15.3 Å². The van der Waals surface area contributed by atoms with Crippen LogP contribution < -0.4 is 10.6 Å². The number of sulfone groups is 1. The largest absolute Gasteiger partial charge is 0.357 e. The molecule has 0 unspecified atom stereocenters. The molecule has 0 aliphatic rings. The van der Waals surface area contributed by atoms with Gasteiger partial charge in [0.25, 0.3) is 0 Å². The van der Waals surface area contributed by atoms with Crippen molar-refractivity contribution in [3.63, 3.8) is 0 Å². The lowest BCUT2D eigenvalue weighted by Crippen LogP contribution is -2.41. The first kappa shape index (κ1) is 21.5. The van der Waals surface area contributed by atoms with Crippen LogP contribution in [0.15, 0.2) is 35.3 Å². The van der Waals surface area contributed by atoms with Gasteiger partial charge < -0.3 is 10.6 Å². The summed E-state index contributed by atoms with van der Waals surface area (Å²) in [5.41, 5.74) is 1.30. The lowest BCUT2D eigenvalue weighted by Gasteiger charge is -2.31. The fraction of sp³-hybridized carbons (Fsp3) is 0.632. The third-order valence-corrected chi connectivity index (χ3v) is 6.47. The third kappa shape index (κ3) is 6.69. The minimum atomic E-state index is -2.97. The van der Waals surface area contributed by atoms with Gasteiger partial charge in [-0.15, -0.1) is 0 Å². The van der Waals surface area contributed by atoms with Gasteiger partial charge in [0.05, 0.1) is 12.3 Å². The average molecular weight is 368 g/mol. The Morgan fingerprint density at radius 3 is 2.20 bits per heavy atom. The van der Waals surface area contributed by atoms with E-state index in [4.69, 9.17) is 4.99 Å². The molecular weight excluding hydrogens is 334 g/mol. The number of hydrogen-bond donors (Lipinski definition) is 2. The summed E-state index contributed by atoms with van der Waals surface area (Å²) in [7, 11) is -2.97. The maximum atomic E-state index is 11.6. The molecule has 0 amide bonds. The van der Waals surface area contributed by atoms with Crippen LogP contribution in [0, 0.1) is 0 Å². The predicted octanol–water partition coefficient (Wildman–Crippen LogP) is 2.73. The summed E-state index contributed by atoms with van der Waals surface area (Å²) < 4.78 is 23.3. The van der Waals surface area contributed by atoms with Gasteiger partial charge in [-0.25, -0.2) is 8.42 Å². The van der Waals surface area contributed by atoms with Gasteiger partial charge >= 0.3 is 0 Å². The van der Waals surface area contributed by atoms with Gasteiger partial charge in [-0.3, -0.25) is 4.99 Å². The first-order valence-corrected chi connectivity index (χ1v) is 11.0. The zero-order valence-electron chi connectivity index (χ0n) is 16.0. The van der Waals surface area contributed by atoms with Gasteiger partial charge in [-0.1, -0.05) is 51.1 Å². The molecule has 2 N–H and O–H groups in total. The van der Waals surface area contributed by atoms with Crippen LogP contribution in [-0.4, -0.2) is 45.5 Å². The molecule has 0 fully saturated rings. The van der Waals surface area contributed by atoms with Crippen molar-refractivity contribution in [2.24, 2.45) is 4.99 Å². The second-order valence-electron chi connectivity index (χ2n) is 6.21. The Morgan fingerprint density at radius 1 is 1.04 bits per heavy atom. The topological polar surface area (TPSA) is 70.6 Å². The van der Waals surface area contributed by atoms with Crippen LogP contribution in [0.1, 0.15) is 46.1 Å².